The molecule has 0 radical (unpaired) electrons. The van der Waals surface area contributed by atoms with E-state index in [0.29, 0.717) is 25.2 Å². The number of carbonyl (C=O) groups is 2. The van der Waals surface area contributed by atoms with Crippen LogP contribution in [0.3, 0.4) is 0 Å². The number of aryl methyl sites for hydroxylation is 1. The highest BCUT2D eigenvalue weighted by molar-refractivity contribution is 7.09. The molecule has 1 N–H and O–H groups in total. The lowest BCUT2D eigenvalue weighted by Crippen LogP contribution is -2.40. The number of ether oxygens (including phenoxy) is 2. The molecule has 2 aromatic carbocycles. The number of aromatic nitrogens is 1. The number of fused-ring (bicyclic) bond motifs is 1. The Morgan fingerprint density at radius 3 is 2.81 bits per heavy atom. The van der Waals surface area contributed by atoms with Crippen molar-refractivity contribution in [1.82, 2.24) is 15.2 Å². The minimum absolute atomic E-state index is 0.0988. The lowest BCUT2D eigenvalue weighted by molar-refractivity contribution is -0.132. The summed E-state index contributed by atoms with van der Waals surface area (Å²) in [5, 5.41) is 5.41. The van der Waals surface area contributed by atoms with Gasteiger partial charge in [-0.3, -0.25) is 9.59 Å². The standard InChI is InChI=1S/C29H33N3O4S/c1-3-27(33)32-13-12-20-10-11-22(15-24(20)28(32)21-8-6-19(2)7-9-21)36-17-26-31-25(18-37-26)29(34)30-16-23-5-4-14-35-23/h6-11,15,18,23,28H,3-5,12-14,16-17H2,1-2H3,(H,30,34)/t23-,28+/m1/s1. The fourth-order valence-corrected chi connectivity index (χ4v) is 5.68. The number of hydrogen-bond donors (Lipinski definition) is 1. The van der Waals surface area contributed by atoms with Crippen LogP contribution in [0.25, 0.3) is 0 Å². The monoisotopic (exact) mass is 519 g/mol. The minimum atomic E-state index is -0.187. The predicted octanol–water partition coefficient (Wildman–Crippen LogP) is 4.82. The second kappa shape index (κ2) is 11.4. The Balaban J connectivity index is 1.29. The van der Waals surface area contributed by atoms with E-state index in [4.69, 9.17) is 9.47 Å². The summed E-state index contributed by atoms with van der Waals surface area (Å²) < 4.78 is 11.7. The summed E-state index contributed by atoms with van der Waals surface area (Å²) in [7, 11) is 0. The smallest absolute Gasteiger partial charge is 0.270 e. The summed E-state index contributed by atoms with van der Waals surface area (Å²) >= 11 is 1.41. The van der Waals surface area contributed by atoms with Crippen LogP contribution in [0.5, 0.6) is 5.75 Å². The SMILES string of the molecule is CCC(=O)N1CCc2ccc(OCc3nc(C(=O)NC[C@H]4CCCO4)cs3)cc2[C@@H]1c1ccc(C)cc1. The Hall–Kier alpha value is -3.23. The number of amides is 2. The van der Waals surface area contributed by atoms with Crippen LogP contribution in [0.4, 0.5) is 0 Å². The normalized spacial score (nSPS) is 18.9. The first-order chi connectivity index (χ1) is 18.0. The van der Waals surface area contributed by atoms with Crippen molar-refractivity contribution in [2.24, 2.45) is 0 Å². The molecule has 3 aromatic rings. The van der Waals surface area contributed by atoms with E-state index in [1.54, 1.807) is 5.38 Å². The van der Waals surface area contributed by atoms with E-state index in [2.05, 4.69) is 53.6 Å². The van der Waals surface area contributed by atoms with Gasteiger partial charge in [0.2, 0.25) is 5.91 Å². The fourth-order valence-electron chi connectivity index (χ4n) is 4.99. The Labute approximate surface area is 221 Å². The zero-order chi connectivity index (χ0) is 25.8. The predicted molar refractivity (Wildman–Crippen MR) is 143 cm³/mol. The highest BCUT2D eigenvalue weighted by Gasteiger charge is 2.31. The molecule has 2 aliphatic heterocycles. The number of benzene rings is 2. The molecular weight excluding hydrogens is 486 g/mol. The molecule has 0 saturated carbocycles. The lowest BCUT2D eigenvalue weighted by Gasteiger charge is -2.38. The Bertz CT molecular complexity index is 1250. The van der Waals surface area contributed by atoms with Crippen molar-refractivity contribution in [2.75, 3.05) is 19.7 Å². The maximum Gasteiger partial charge on any atom is 0.270 e. The number of hydrogen-bond acceptors (Lipinski definition) is 6. The number of carbonyl (C=O) groups excluding carboxylic acids is 2. The topological polar surface area (TPSA) is 80.8 Å². The maximum atomic E-state index is 12.8. The lowest BCUT2D eigenvalue weighted by atomic mass is 9.87. The molecule has 0 aliphatic carbocycles. The van der Waals surface area contributed by atoms with Crippen molar-refractivity contribution < 1.29 is 19.1 Å². The van der Waals surface area contributed by atoms with Crippen LogP contribution in [-0.4, -0.2) is 47.5 Å². The van der Waals surface area contributed by atoms with Gasteiger partial charge in [0.25, 0.3) is 5.91 Å². The summed E-state index contributed by atoms with van der Waals surface area (Å²) in [5.74, 6) is 0.685. The van der Waals surface area contributed by atoms with E-state index in [1.165, 1.54) is 22.5 Å². The molecule has 2 amide bonds. The number of nitrogens with one attached hydrogen (secondary N) is 1. The van der Waals surface area contributed by atoms with Crippen molar-refractivity contribution >= 4 is 23.2 Å². The van der Waals surface area contributed by atoms with Gasteiger partial charge in [0.15, 0.2) is 0 Å². The van der Waals surface area contributed by atoms with Crippen LogP contribution in [0.15, 0.2) is 47.8 Å². The van der Waals surface area contributed by atoms with Crippen LogP contribution in [0, 0.1) is 6.92 Å². The van der Waals surface area contributed by atoms with Crippen molar-refractivity contribution in [3.05, 3.63) is 80.8 Å². The molecule has 1 saturated heterocycles. The first kappa shape index (κ1) is 25.4. The third kappa shape index (κ3) is 5.86. The minimum Gasteiger partial charge on any atom is -0.486 e. The highest BCUT2D eigenvalue weighted by Crippen LogP contribution is 2.37. The van der Waals surface area contributed by atoms with Gasteiger partial charge in [-0.15, -0.1) is 11.3 Å². The van der Waals surface area contributed by atoms with Crippen molar-refractivity contribution in [1.29, 1.82) is 0 Å². The van der Waals surface area contributed by atoms with Crippen LogP contribution in [0.2, 0.25) is 0 Å². The van der Waals surface area contributed by atoms with E-state index >= 15 is 0 Å². The molecule has 5 rings (SSSR count). The van der Waals surface area contributed by atoms with Gasteiger partial charge in [0.1, 0.15) is 23.1 Å². The zero-order valence-electron chi connectivity index (χ0n) is 21.4. The first-order valence-electron chi connectivity index (χ1n) is 13.0. The van der Waals surface area contributed by atoms with E-state index < -0.39 is 0 Å². The average molecular weight is 520 g/mol. The molecule has 37 heavy (non-hydrogen) atoms. The average Bonchev–Trinajstić information content (AvgIpc) is 3.62. The van der Waals surface area contributed by atoms with Gasteiger partial charge >= 0.3 is 0 Å². The molecule has 1 fully saturated rings. The number of rotatable bonds is 8. The van der Waals surface area contributed by atoms with E-state index in [9.17, 15) is 9.59 Å². The summed E-state index contributed by atoms with van der Waals surface area (Å²) in [6.07, 6.45) is 3.41. The molecular formula is C29H33N3O4S. The number of nitrogens with zero attached hydrogens (tertiary/aromatic N) is 2. The van der Waals surface area contributed by atoms with Gasteiger partial charge in [-0.1, -0.05) is 42.8 Å². The Morgan fingerprint density at radius 2 is 2.05 bits per heavy atom. The van der Waals surface area contributed by atoms with Crippen LogP contribution >= 0.6 is 11.3 Å². The van der Waals surface area contributed by atoms with E-state index in [-0.39, 0.29) is 30.6 Å². The summed E-state index contributed by atoms with van der Waals surface area (Å²) in [4.78, 5) is 31.8. The molecule has 0 bridgehead atoms. The third-order valence-corrected chi connectivity index (χ3v) is 7.84. The molecule has 8 heteroatoms. The van der Waals surface area contributed by atoms with E-state index in [1.807, 2.05) is 17.9 Å². The van der Waals surface area contributed by atoms with Gasteiger partial charge in [-0.2, -0.15) is 0 Å². The second-order valence-corrected chi connectivity index (χ2v) is 10.6. The molecule has 1 aromatic heterocycles. The van der Waals surface area contributed by atoms with Crippen molar-refractivity contribution in [3.63, 3.8) is 0 Å². The third-order valence-electron chi connectivity index (χ3n) is 7.02. The van der Waals surface area contributed by atoms with Gasteiger partial charge in [0.05, 0.1) is 12.1 Å². The Morgan fingerprint density at radius 1 is 1.22 bits per heavy atom. The van der Waals surface area contributed by atoms with Crippen LogP contribution in [0.1, 0.15) is 70.0 Å². The fraction of sp³-hybridized carbons (Fsp3) is 0.414. The zero-order valence-corrected chi connectivity index (χ0v) is 22.2. The van der Waals surface area contributed by atoms with Gasteiger partial charge in [-0.25, -0.2) is 4.98 Å². The van der Waals surface area contributed by atoms with Crippen molar-refractivity contribution in [2.45, 2.75) is 58.3 Å². The second-order valence-electron chi connectivity index (χ2n) is 9.62. The molecule has 0 unspecified atom stereocenters. The molecule has 194 valence electrons. The summed E-state index contributed by atoms with van der Waals surface area (Å²) in [6, 6.07) is 14.4. The van der Waals surface area contributed by atoms with Gasteiger partial charge in [-0.05, 0) is 55.0 Å². The van der Waals surface area contributed by atoms with Gasteiger partial charge < -0.3 is 19.7 Å². The number of thiazole rings is 1. The quantitative estimate of drug-likeness (QED) is 0.461. The van der Waals surface area contributed by atoms with Crippen molar-refractivity contribution in [3.8, 4) is 5.75 Å². The molecule has 3 heterocycles. The molecule has 2 atom stereocenters. The first-order valence-corrected chi connectivity index (χ1v) is 13.9. The van der Waals surface area contributed by atoms with Crippen LogP contribution in [-0.2, 0) is 22.6 Å². The van der Waals surface area contributed by atoms with Crippen LogP contribution < -0.4 is 10.1 Å². The Kier molecular flexibility index (Phi) is 7.86. The summed E-state index contributed by atoms with van der Waals surface area (Å²) in [6.45, 7) is 6.23. The highest BCUT2D eigenvalue weighted by atomic mass is 32.1. The van der Waals surface area contributed by atoms with Gasteiger partial charge in [0, 0.05) is 31.5 Å². The molecule has 0 spiro atoms. The van der Waals surface area contributed by atoms with E-state index in [0.717, 1.165) is 47.8 Å². The molecule has 7 nitrogen and oxygen atoms in total. The summed E-state index contributed by atoms with van der Waals surface area (Å²) in [5.41, 5.74) is 5.03. The molecule has 2 aliphatic rings. The maximum absolute atomic E-state index is 12.8. The largest absolute Gasteiger partial charge is 0.486 e.